The molecule has 0 aliphatic carbocycles. The molecule has 122 valence electrons. The number of piperidine rings is 1. The highest BCUT2D eigenvalue weighted by Crippen LogP contribution is 2.39. The van der Waals surface area contributed by atoms with Crippen molar-refractivity contribution in [1.29, 1.82) is 0 Å². The van der Waals surface area contributed by atoms with Crippen LogP contribution >= 0.6 is 0 Å². The molecule has 0 bridgehead atoms. The van der Waals surface area contributed by atoms with Crippen molar-refractivity contribution in [1.82, 2.24) is 5.32 Å². The number of benzene rings is 1. The fourth-order valence-corrected chi connectivity index (χ4v) is 3.37. The molecular formula is C18H26FNO2. The second kappa shape index (κ2) is 6.45. The summed E-state index contributed by atoms with van der Waals surface area (Å²) in [5.74, 6) is 2.08. The van der Waals surface area contributed by atoms with Crippen molar-refractivity contribution in [3.05, 3.63) is 23.3 Å². The maximum Gasteiger partial charge on any atom is 0.161 e. The van der Waals surface area contributed by atoms with Gasteiger partial charge in [0, 0.05) is 6.42 Å². The highest BCUT2D eigenvalue weighted by atomic mass is 19.1. The minimum Gasteiger partial charge on any atom is -0.490 e. The lowest BCUT2D eigenvalue weighted by atomic mass is 9.85. The Morgan fingerprint density at radius 1 is 1.14 bits per heavy atom. The zero-order valence-electron chi connectivity index (χ0n) is 13.6. The maximum atomic E-state index is 14.7. The van der Waals surface area contributed by atoms with Crippen LogP contribution in [0.3, 0.4) is 0 Å². The SMILES string of the molecule is CC(C)(F)c1cc2c(cc1CC1CCNCC1)OCCCO2. The van der Waals surface area contributed by atoms with Gasteiger partial charge in [0.2, 0.25) is 0 Å². The van der Waals surface area contributed by atoms with Gasteiger partial charge >= 0.3 is 0 Å². The molecule has 2 heterocycles. The Balaban J connectivity index is 1.93. The van der Waals surface area contributed by atoms with Gasteiger partial charge in [-0.2, -0.15) is 0 Å². The molecule has 0 spiro atoms. The number of ether oxygens (including phenoxy) is 2. The Morgan fingerprint density at radius 2 is 1.77 bits per heavy atom. The molecule has 1 aromatic carbocycles. The Labute approximate surface area is 132 Å². The molecule has 1 saturated heterocycles. The van der Waals surface area contributed by atoms with Crippen LogP contribution in [-0.4, -0.2) is 26.3 Å². The van der Waals surface area contributed by atoms with E-state index < -0.39 is 5.67 Å². The zero-order valence-corrected chi connectivity index (χ0v) is 13.6. The molecule has 0 unspecified atom stereocenters. The first-order valence-electron chi connectivity index (χ1n) is 8.36. The molecule has 0 atom stereocenters. The fourth-order valence-electron chi connectivity index (χ4n) is 3.37. The molecule has 0 radical (unpaired) electrons. The summed E-state index contributed by atoms with van der Waals surface area (Å²) >= 11 is 0. The van der Waals surface area contributed by atoms with Crippen LogP contribution in [0.4, 0.5) is 4.39 Å². The first-order chi connectivity index (χ1) is 10.5. The van der Waals surface area contributed by atoms with Crippen LogP contribution in [0.15, 0.2) is 12.1 Å². The lowest BCUT2D eigenvalue weighted by Crippen LogP contribution is -2.29. The summed E-state index contributed by atoms with van der Waals surface area (Å²) in [5.41, 5.74) is 0.450. The smallest absolute Gasteiger partial charge is 0.161 e. The fraction of sp³-hybridized carbons (Fsp3) is 0.667. The van der Waals surface area contributed by atoms with Gasteiger partial charge in [0.15, 0.2) is 11.5 Å². The number of rotatable bonds is 3. The molecule has 1 fully saturated rings. The summed E-state index contributed by atoms with van der Waals surface area (Å²) in [6, 6.07) is 3.87. The van der Waals surface area contributed by atoms with Crippen LogP contribution in [0, 0.1) is 5.92 Å². The average Bonchev–Trinajstić information content (AvgIpc) is 2.71. The predicted molar refractivity (Wildman–Crippen MR) is 85.5 cm³/mol. The lowest BCUT2D eigenvalue weighted by molar-refractivity contribution is 0.217. The van der Waals surface area contributed by atoms with Gasteiger partial charge in [0.25, 0.3) is 0 Å². The van der Waals surface area contributed by atoms with Crippen molar-refractivity contribution < 1.29 is 13.9 Å². The summed E-state index contributed by atoms with van der Waals surface area (Å²) in [6.07, 6.45) is 4.09. The molecule has 0 aromatic heterocycles. The number of fused-ring (bicyclic) bond motifs is 1. The van der Waals surface area contributed by atoms with Crippen LogP contribution in [0.5, 0.6) is 11.5 Å². The van der Waals surface area contributed by atoms with E-state index >= 15 is 0 Å². The van der Waals surface area contributed by atoms with Gasteiger partial charge in [-0.05, 0) is 75.4 Å². The normalized spacial score (nSPS) is 19.8. The van der Waals surface area contributed by atoms with Gasteiger partial charge in [-0.15, -0.1) is 0 Å². The number of alkyl halides is 1. The maximum absolute atomic E-state index is 14.7. The van der Waals surface area contributed by atoms with Gasteiger partial charge in [0.1, 0.15) is 5.67 Å². The van der Waals surface area contributed by atoms with Crippen molar-refractivity contribution in [3.63, 3.8) is 0 Å². The third kappa shape index (κ3) is 3.54. The zero-order chi connectivity index (χ0) is 15.6. The van der Waals surface area contributed by atoms with Crippen molar-refractivity contribution in [2.45, 2.75) is 45.2 Å². The standard InChI is InChI=1S/C18H26FNO2/c1-18(2,19)15-12-17-16(21-8-3-9-22-17)11-14(15)10-13-4-6-20-7-5-13/h11-13,20H,3-10H2,1-2H3. The number of hydrogen-bond acceptors (Lipinski definition) is 3. The summed E-state index contributed by atoms with van der Waals surface area (Å²) in [6.45, 7) is 6.66. The van der Waals surface area contributed by atoms with E-state index in [1.807, 2.05) is 12.1 Å². The molecule has 2 aliphatic rings. The molecule has 4 heteroatoms. The van der Waals surface area contributed by atoms with Gasteiger partial charge in [0.05, 0.1) is 13.2 Å². The van der Waals surface area contributed by atoms with Gasteiger partial charge in [-0.1, -0.05) is 0 Å². The second-order valence-electron chi connectivity index (χ2n) is 6.88. The Kier molecular flexibility index (Phi) is 4.57. The van der Waals surface area contributed by atoms with E-state index in [0.717, 1.165) is 55.6 Å². The highest BCUT2D eigenvalue weighted by Gasteiger charge is 2.27. The second-order valence-corrected chi connectivity index (χ2v) is 6.88. The molecule has 22 heavy (non-hydrogen) atoms. The van der Waals surface area contributed by atoms with Crippen molar-refractivity contribution in [2.24, 2.45) is 5.92 Å². The van der Waals surface area contributed by atoms with Crippen LogP contribution in [0.1, 0.15) is 44.2 Å². The minimum absolute atomic E-state index is 0.618. The molecule has 0 saturated carbocycles. The van der Waals surface area contributed by atoms with Crippen LogP contribution in [0.25, 0.3) is 0 Å². The Morgan fingerprint density at radius 3 is 2.41 bits per heavy atom. The third-order valence-electron chi connectivity index (χ3n) is 4.58. The number of halogens is 1. The van der Waals surface area contributed by atoms with Crippen molar-refractivity contribution in [3.8, 4) is 11.5 Å². The van der Waals surface area contributed by atoms with Gasteiger partial charge < -0.3 is 14.8 Å². The first-order valence-corrected chi connectivity index (χ1v) is 8.36. The van der Waals surface area contributed by atoms with E-state index in [0.29, 0.717) is 24.9 Å². The Bertz CT molecular complexity index is 519. The third-order valence-corrected chi connectivity index (χ3v) is 4.58. The van der Waals surface area contributed by atoms with Crippen LogP contribution in [-0.2, 0) is 12.1 Å². The summed E-state index contributed by atoms with van der Waals surface area (Å²) < 4.78 is 26.2. The van der Waals surface area contributed by atoms with E-state index in [1.165, 1.54) is 0 Å². The Hall–Kier alpha value is -1.29. The van der Waals surface area contributed by atoms with E-state index in [9.17, 15) is 4.39 Å². The van der Waals surface area contributed by atoms with Gasteiger partial charge in [-0.25, -0.2) is 4.39 Å². The number of nitrogens with one attached hydrogen (secondary N) is 1. The average molecular weight is 307 g/mol. The van der Waals surface area contributed by atoms with Crippen molar-refractivity contribution >= 4 is 0 Å². The van der Waals surface area contributed by atoms with Crippen LogP contribution < -0.4 is 14.8 Å². The number of hydrogen-bond donors (Lipinski definition) is 1. The molecule has 2 aliphatic heterocycles. The quantitative estimate of drug-likeness (QED) is 0.925. The predicted octanol–water partition coefficient (Wildman–Crippen LogP) is 3.59. The van der Waals surface area contributed by atoms with Crippen molar-refractivity contribution in [2.75, 3.05) is 26.3 Å². The topological polar surface area (TPSA) is 30.5 Å². The summed E-state index contributed by atoms with van der Waals surface area (Å²) in [7, 11) is 0. The molecule has 1 aromatic rings. The molecule has 3 rings (SSSR count). The first kappa shape index (κ1) is 15.6. The summed E-state index contributed by atoms with van der Waals surface area (Å²) in [4.78, 5) is 0. The van der Waals surface area contributed by atoms with E-state index in [1.54, 1.807) is 13.8 Å². The molecular weight excluding hydrogens is 281 g/mol. The molecule has 0 amide bonds. The molecule has 3 nitrogen and oxygen atoms in total. The monoisotopic (exact) mass is 307 g/mol. The van der Waals surface area contributed by atoms with E-state index in [-0.39, 0.29) is 0 Å². The highest BCUT2D eigenvalue weighted by molar-refractivity contribution is 5.49. The van der Waals surface area contributed by atoms with E-state index in [2.05, 4.69) is 5.32 Å². The van der Waals surface area contributed by atoms with Gasteiger partial charge in [-0.3, -0.25) is 0 Å². The molecule has 1 N–H and O–H groups in total. The van der Waals surface area contributed by atoms with Crippen LogP contribution in [0.2, 0.25) is 0 Å². The minimum atomic E-state index is -1.37. The largest absolute Gasteiger partial charge is 0.490 e. The lowest BCUT2D eigenvalue weighted by Gasteiger charge is -2.26. The summed E-state index contributed by atoms with van der Waals surface area (Å²) in [5, 5.41) is 3.38. The van der Waals surface area contributed by atoms with E-state index in [4.69, 9.17) is 9.47 Å².